The lowest BCUT2D eigenvalue weighted by Crippen LogP contribution is -2.19. The molecular formula is C13H19N3O. The molecule has 4 nitrogen and oxygen atoms in total. The van der Waals surface area contributed by atoms with E-state index in [4.69, 9.17) is 11.5 Å². The molecule has 0 radical (unpaired) electrons. The maximum absolute atomic E-state index is 11.3. The highest BCUT2D eigenvalue weighted by Gasteiger charge is 2.27. The van der Waals surface area contributed by atoms with Crippen molar-refractivity contribution < 1.29 is 4.79 Å². The van der Waals surface area contributed by atoms with Gasteiger partial charge in [-0.2, -0.15) is 0 Å². The van der Waals surface area contributed by atoms with Gasteiger partial charge in [-0.05, 0) is 36.8 Å². The lowest BCUT2D eigenvalue weighted by molar-refractivity contribution is 0.100. The van der Waals surface area contributed by atoms with Crippen molar-refractivity contribution in [1.29, 1.82) is 0 Å². The normalized spacial score (nSPS) is 16.5. The van der Waals surface area contributed by atoms with Crippen LogP contribution in [0.3, 0.4) is 0 Å². The third kappa shape index (κ3) is 2.70. The molecule has 1 aromatic carbocycles. The fourth-order valence-electron chi connectivity index (χ4n) is 2.07. The van der Waals surface area contributed by atoms with Crippen molar-refractivity contribution in [3.8, 4) is 0 Å². The number of nitrogens with one attached hydrogen (secondary N) is 1. The Labute approximate surface area is 101 Å². The molecule has 0 heterocycles. The highest BCUT2D eigenvalue weighted by atomic mass is 16.1. The molecule has 1 aliphatic rings. The largest absolute Gasteiger partial charge is 0.397 e. The number of hydrogen-bond acceptors (Lipinski definition) is 3. The number of nitrogen functional groups attached to an aromatic ring is 1. The van der Waals surface area contributed by atoms with Gasteiger partial charge < -0.3 is 16.8 Å². The fourth-order valence-corrected chi connectivity index (χ4v) is 2.07. The van der Waals surface area contributed by atoms with Gasteiger partial charge in [-0.1, -0.05) is 13.0 Å². The topological polar surface area (TPSA) is 81.1 Å². The molecule has 1 aromatic rings. The van der Waals surface area contributed by atoms with Gasteiger partial charge in [0.15, 0.2) is 0 Å². The Hall–Kier alpha value is -1.71. The molecule has 1 fully saturated rings. The van der Waals surface area contributed by atoms with Crippen LogP contribution in [-0.4, -0.2) is 12.5 Å². The predicted octanol–water partition coefficient (Wildman–Crippen LogP) is 1.83. The van der Waals surface area contributed by atoms with E-state index in [1.807, 2.05) is 0 Å². The first-order valence-electron chi connectivity index (χ1n) is 6.01. The number of anilines is 2. The Morgan fingerprint density at radius 2 is 2.24 bits per heavy atom. The number of nitrogens with two attached hydrogens (primary N) is 2. The molecular weight excluding hydrogens is 214 g/mol. The van der Waals surface area contributed by atoms with E-state index >= 15 is 0 Å². The number of rotatable bonds is 5. The van der Waals surface area contributed by atoms with E-state index in [1.165, 1.54) is 12.8 Å². The van der Waals surface area contributed by atoms with Crippen LogP contribution in [0.5, 0.6) is 0 Å². The summed E-state index contributed by atoms with van der Waals surface area (Å²) in [5.41, 5.74) is 12.9. The van der Waals surface area contributed by atoms with Crippen LogP contribution in [0, 0.1) is 11.8 Å². The maximum Gasteiger partial charge on any atom is 0.250 e. The van der Waals surface area contributed by atoms with Gasteiger partial charge in [0.25, 0.3) is 5.91 Å². The summed E-state index contributed by atoms with van der Waals surface area (Å²) in [7, 11) is 0. The number of para-hydroxylation sites is 1. The molecule has 92 valence electrons. The monoisotopic (exact) mass is 233 g/mol. The highest BCUT2D eigenvalue weighted by Crippen LogP contribution is 2.36. The minimum absolute atomic E-state index is 0.445. The molecule has 0 saturated heterocycles. The van der Waals surface area contributed by atoms with Crippen LogP contribution in [0.2, 0.25) is 0 Å². The highest BCUT2D eigenvalue weighted by molar-refractivity contribution is 6.01. The molecule has 0 bridgehead atoms. The molecule has 1 amide bonds. The quantitative estimate of drug-likeness (QED) is 0.678. The smallest absolute Gasteiger partial charge is 0.250 e. The van der Waals surface area contributed by atoms with E-state index in [0.29, 0.717) is 22.9 Å². The first-order chi connectivity index (χ1) is 8.09. The number of carbonyl (C=O) groups is 1. The van der Waals surface area contributed by atoms with Gasteiger partial charge in [-0.3, -0.25) is 4.79 Å². The van der Waals surface area contributed by atoms with Gasteiger partial charge >= 0.3 is 0 Å². The van der Waals surface area contributed by atoms with Crippen LogP contribution in [0.1, 0.15) is 30.1 Å². The van der Waals surface area contributed by atoms with Crippen LogP contribution >= 0.6 is 0 Å². The van der Waals surface area contributed by atoms with Gasteiger partial charge in [0.05, 0.1) is 16.9 Å². The molecule has 2 rings (SSSR count). The van der Waals surface area contributed by atoms with Gasteiger partial charge in [0.1, 0.15) is 0 Å². The Kier molecular flexibility index (Phi) is 3.22. The van der Waals surface area contributed by atoms with E-state index < -0.39 is 5.91 Å². The van der Waals surface area contributed by atoms with Crippen LogP contribution in [0.25, 0.3) is 0 Å². The predicted molar refractivity (Wildman–Crippen MR) is 69.8 cm³/mol. The van der Waals surface area contributed by atoms with Crippen molar-refractivity contribution in [2.45, 2.75) is 19.8 Å². The first-order valence-corrected chi connectivity index (χ1v) is 6.01. The second kappa shape index (κ2) is 4.65. The van der Waals surface area contributed by atoms with Crippen molar-refractivity contribution >= 4 is 17.3 Å². The van der Waals surface area contributed by atoms with E-state index in [1.54, 1.807) is 18.2 Å². The number of amides is 1. The Morgan fingerprint density at radius 1 is 1.53 bits per heavy atom. The van der Waals surface area contributed by atoms with Crippen molar-refractivity contribution in [2.75, 3.05) is 17.6 Å². The Morgan fingerprint density at radius 3 is 2.82 bits per heavy atom. The molecule has 4 heteroatoms. The summed E-state index contributed by atoms with van der Waals surface area (Å²) in [5.74, 6) is 0.985. The second-order valence-electron chi connectivity index (χ2n) is 4.83. The summed E-state index contributed by atoms with van der Waals surface area (Å²) < 4.78 is 0. The zero-order valence-electron chi connectivity index (χ0n) is 10.1. The number of primary amides is 1. The summed E-state index contributed by atoms with van der Waals surface area (Å²) in [6.07, 6.45) is 2.63. The van der Waals surface area contributed by atoms with Gasteiger partial charge in [-0.15, -0.1) is 0 Å². The number of hydrogen-bond donors (Lipinski definition) is 3. The van der Waals surface area contributed by atoms with Crippen molar-refractivity contribution in [3.05, 3.63) is 23.8 Å². The molecule has 1 aliphatic carbocycles. The van der Waals surface area contributed by atoms with Crippen molar-refractivity contribution in [3.63, 3.8) is 0 Å². The molecule has 1 saturated carbocycles. The van der Waals surface area contributed by atoms with E-state index in [-0.39, 0.29) is 0 Å². The third-order valence-electron chi connectivity index (χ3n) is 3.39. The molecule has 17 heavy (non-hydrogen) atoms. The van der Waals surface area contributed by atoms with E-state index in [0.717, 1.165) is 12.5 Å². The van der Waals surface area contributed by atoms with Crippen molar-refractivity contribution in [2.24, 2.45) is 17.6 Å². The van der Waals surface area contributed by atoms with Gasteiger partial charge in [0.2, 0.25) is 0 Å². The summed E-state index contributed by atoms with van der Waals surface area (Å²) in [4.78, 5) is 11.3. The molecule has 5 N–H and O–H groups in total. The lowest BCUT2D eigenvalue weighted by Gasteiger charge is -2.16. The standard InChI is InChI=1S/C13H19N3O/c1-8(9-5-6-9)7-16-12-10(13(15)17)3-2-4-11(12)14/h2-4,8-9,16H,5-7,14H2,1H3,(H2,15,17). The van der Waals surface area contributed by atoms with Crippen LogP contribution in [0.4, 0.5) is 11.4 Å². The van der Waals surface area contributed by atoms with Gasteiger partial charge in [0, 0.05) is 6.54 Å². The third-order valence-corrected chi connectivity index (χ3v) is 3.39. The zero-order chi connectivity index (χ0) is 12.4. The molecule has 0 spiro atoms. The Balaban J connectivity index is 2.10. The van der Waals surface area contributed by atoms with E-state index in [2.05, 4.69) is 12.2 Å². The first kappa shape index (κ1) is 11.8. The summed E-state index contributed by atoms with van der Waals surface area (Å²) in [6, 6.07) is 5.21. The SMILES string of the molecule is CC(CNc1c(N)cccc1C(N)=O)C1CC1. The van der Waals surface area contributed by atoms with E-state index in [9.17, 15) is 4.79 Å². The summed E-state index contributed by atoms with van der Waals surface area (Å²) >= 11 is 0. The minimum Gasteiger partial charge on any atom is -0.397 e. The average molecular weight is 233 g/mol. The Bertz CT molecular complexity index is 427. The second-order valence-corrected chi connectivity index (χ2v) is 4.83. The van der Waals surface area contributed by atoms with Crippen molar-refractivity contribution in [1.82, 2.24) is 0 Å². The molecule has 1 atom stereocenters. The summed E-state index contributed by atoms with van der Waals surface area (Å²) in [5, 5.41) is 3.26. The minimum atomic E-state index is -0.445. The maximum atomic E-state index is 11.3. The number of carbonyl (C=O) groups excluding carboxylic acids is 1. The average Bonchev–Trinajstić information content (AvgIpc) is 3.10. The molecule has 0 aliphatic heterocycles. The number of benzene rings is 1. The molecule has 0 aromatic heterocycles. The van der Waals surface area contributed by atoms with Gasteiger partial charge in [-0.25, -0.2) is 0 Å². The fraction of sp³-hybridized carbons (Fsp3) is 0.462. The molecule has 1 unspecified atom stereocenters. The summed E-state index contributed by atoms with van der Waals surface area (Å²) in [6.45, 7) is 3.05. The zero-order valence-corrected chi connectivity index (χ0v) is 10.1. The lowest BCUT2D eigenvalue weighted by atomic mass is 10.1. The van der Waals surface area contributed by atoms with Crippen LogP contribution in [0.15, 0.2) is 18.2 Å². The van der Waals surface area contributed by atoms with Crippen LogP contribution < -0.4 is 16.8 Å². The van der Waals surface area contributed by atoms with Crippen LogP contribution in [-0.2, 0) is 0 Å².